The summed E-state index contributed by atoms with van der Waals surface area (Å²) in [6.07, 6.45) is -6.30. The fourth-order valence-electron chi connectivity index (χ4n) is 1.19. The lowest BCUT2D eigenvalue weighted by Gasteiger charge is -2.28. The molecule has 11 heavy (non-hydrogen) atoms. The van der Waals surface area contributed by atoms with Crippen LogP contribution in [-0.4, -0.2) is 25.4 Å². The molecule has 0 bridgehead atoms. The lowest BCUT2D eigenvalue weighted by Crippen LogP contribution is -2.44. The zero-order valence-electron chi connectivity index (χ0n) is 5.79. The van der Waals surface area contributed by atoms with E-state index in [0.717, 1.165) is 0 Å². The predicted molar refractivity (Wildman–Crippen MR) is 31.9 cm³/mol. The molecule has 0 aromatic rings. The van der Waals surface area contributed by atoms with Crippen molar-refractivity contribution in [1.82, 2.24) is 5.32 Å². The monoisotopic (exact) mass is 171 g/mol. The van der Waals surface area contributed by atoms with E-state index in [4.69, 9.17) is 0 Å². The maximum absolute atomic E-state index is 12.6. The molecule has 0 aromatic heterocycles. The Balaban J connectivity index is 2.55. The van der Waals surface area contributed by atoms with Crippen molar-refractivity contribution in [2.45, 2.75) is 18.8 Å². The standard InChI is InChI=1S/C6H9F4N/c7-5-3-11-2-1-4(5)6(8,9)10/h4-5,11H,1-3H2/t4-,5+/m1/s1. The largest absolute Gasteiger partial charge is 0.394 e. The van der Waals surface area contributed by atoms with E-state index < -0.39 is 18.3 Å². The Labute approximate surface area is 61.8 Å². The van der Waals surface area contributed by atoms with Crippen molar-refractivity contribution < 1.29 is 17.6 Å². The van der Waals surface area contributed by atoms with Crippen LogP contribution in [0.1, 0.15) is 6.42 Å². The Kier molecular flexibility index (Phi) is 2.37. The molecule has 0 unspecified atom stereocenters. The molecular formula is C6H9F4N. The smallest absolute Gasteiger partial charge is 0.314 e. The Morgan fingerprint density at radius 1 is 1.27 bits per heavy atom. The van der Waals surface area contributed by atoms with Crippen molar-refractivity contribution in [3.8, 4) is 0 Å². The topological polar surface area (TPSA) is 12.0 Å². The van der Waals surface area contributed by atoms with E-state index in [1.807, 2.05) is 0 Å². The molecule has 1 saturated heterocycles. The van der Waals surface area contributed by atoms with Crippen molar-refractivity contribution >= 4 is 0 Å². The molecule has 1 nitrogen and oxygen atoms in total. The number of hydrogen-bond acceptors (Lipinski definition) is 1. The van der Waals surface area contributed by atoms with E-state index >= 15 is 0 Å². The highest BCUT2D eigenvalue weighted by Gasteiger charge is 2.45. The first-order valence-corrected chi connectivity index (χ1v) is 3.43. The van der Waals surface area contributed by atoms with Gasteiger partial charge in [-0.1, -0.05) is 0 Å². The summed E-state index contributed by atoms with van der Waals surface area (Å²) in [5.41, 5.74) is 0. The summed E-state index contributed by atoms with van der Waals surface area (Å²) in [5.74, 6) is -1.76. The van der Waals surface area contributed by atoms with Crippen LogP contribution in [0.2, 0.25) is 0 Å². The summed E-state index contributed by atoms with van der Waals surface area (Å²) in [7, 11) is 0. The Morgan fingerprint density at radius 3 is 2.27 bits per heavy atom. The highest BCUT2D eigenvalue weighted by atomic mass is 19.4. The maximum Gasteiger partial charge on any atom is 0.394 e. The molecule has 1 rings (SSSR count). The third-order valence-corrected chi connectivity index (χ3v) is 1.83. The molecular weight excluding hydrogens is 162 g/mol. The molecule has 1 aliphatic heterocycles. The quantitative estimate of drug-likeness (QED) is 0.544. The van der Waals surface area contributed by atoms with Gasteiger partial charge >= 0.3 is 6.18 Å². The van der Waals surface area contributed by atoms with Crippen LogP contribution in [0.4, 0.5) is 17.6 Å². The molecule has 1 heterocycles. The Morgan fingerprint density at radius 2 is 1.91 bits per heavy atom. The van der Waals surface area contributed by atoms with Crippen LogP contribution in [0.25, 0.3) is 0 Å². The van der Waals surface area contributed by atoms with Gasteiger partial charge in [0, 0.05) is 6.54 Å². The average molecular weight is 171 g/mol. The second-order valence-electron chi connectivity index (χ2n) is 2.66. The van der Waals surface area contributed by atoms with Crippen LogP contribution < -0.4 is 5.32 Å². The van der Waals surface area contributed by atoms with E-state index in [1.165, 1.54) is 0 Å². The van der Waals surface area contributed by atoms with Crippen LogP contribution in [0.15, 0.2) is 0 Å². The summed E-state index contributed by atoms with van der Waals surface area (Å²) < 4.78 is 48.3. The molecule has 1 fully saturated rings. The van der Waals surface area contributed by atoms with Crippen LogP contribution >= 0.6 is 0 Å². The first-order valence-electron chi connectivity index (χ1n) is 3.43. The summed E-state index contributed by atoms with van der Waals surface area (Å²) in [5, 5.41) is 2.56. The molecule has 1 aliphatic rings. The SMILES string of the molecule is F[C@H]1CNCC[C@H]1C(F)(F)F. The fraction of sp³-hybridized carbons (Fsp3) is 1.00. The predicted octanol–water partition coefficient (Wildman–Crippen LogP) is 1.50. The number of hydrogen-bond donors (Lipinski definition) is 1. The number of nitrogens with one attached hydrogen (secondary N) is 1. The minimum Gasteiger partial charge on any atom is -0.314 e. The average Bonchev–Trinajstić information content (AvgIpc) is 1.86. The van der Waals surface area contributed by atoms with Gasteiger partial charge in [-0.05, 0) is 13.0 Å². The lowest BCUT2D eigenvalue weighted by atomic mass is 9.96. The zero-order valence-corrected chi connectivity index (χ0v) is 5.79. The summed E-state index contributed by atoms with van der Waals surface area (Å²) >= 11 is 0. The third-order valence-electron chi connectivity index (χ3n) is 1.83. The second-order valence-corrected chi connectivity index (χ2v) is 2.66. The molecule has 2 atom stereocenters. The van der Waals surface area contributed by atoms with E-state index in [-0.39, 0.29) is 19.5 Å². The van der Waals surface area contributed by atoms with Gasteiger partial charge in [0.1, 0.15) is 6.17 Å². The first kappa shape index (κ1) is 8.77. The van der Waals surface area contributed by atoms with Crippen LogP contribution in [-0.2, 0) is 0 Å². The Hall–Kier alpha value is -0.320. The van der Waals surface area contributed by atoms with Gasteiger partial charge in [0.25, 0.3) is 0 Å². The fourth-order valence-corrected chi connectivity index (χ4v) is 1.19. The summed E-state index contributed by atoms with van der Waals surface area (Å²) in [4.78, 5) is 0. The summed E-state index contributed by atoms with van der Waals surface area (Å²) in [6, 6.07) is 0. The van der Waals surface area contributed by atoms with Crippen LogP contribution in [0, 0.1) is 5.92 Å². The van der Waals surface area contributed by atoms with E-state index in [2.05, 4.69) is 5.32 Å². The van der Waals surface area contributed by atoms with Gasteiger partial charge in [0.15, 0.2) is 0 Å². The first-order chi connectivity index (χ1) is 5.02. The summed E-state index contributed by atoms with van der Waals surface area (Å²) in [6.45, 7) is 0.0781. The molecule has 1 N–H and O–H groups in total. The second kappa shape index (κ2) is 2.97. The molecule has 5 heteroatoms. The molecule has 0 saturated carbocycles. The van der Waals surface area contributed by atoms with Gasteiger partial charge in [0.05, 0.1) is 5.92 Å². The zero-order chi connectivity index (χ0) is 8.48. The van der Waals surface area contributed by atoms with Gasteiger partial charge < -0.3 is 5.32 Å². The van der Waals surface area contributed by atoms with Gasteiger partial charge in [-0.25, -0.2) is 4.39 Å². The molecule has 0 spiro atoms. The molecule has 0 radical (unpaired) electrons. The number of piperidine rings is 1. The van der Waals surface area contributed by atoms with Gasteiger partial charge in [0.2, 0.25) is 0 Å². The molecule has 0 aliphatic carbocycles. The van der Waals surface area contributed by atoms with Crippen LogP contribution in [0.5, 0.6) is 0 Å². The van der Waals surface area contributed by atoms with E-state index in [9.17, 15) is 17.6 Å². The highest BCUT2D eigenvalue weighted by molar-refractivity contribution is 4.82. The molecule has 0 amide bonds. The van der Waals surface area contributed by atoms with Gasteiger partial charge in [-0.2, -0.15) is 13.2 Å². The maximum atomic E-state index is 12.6. The number of alkyl halides is 4. The van der Waals surface area contributed by atoms with Crippen molar-refractivity contribution in [3.05, 3.63) is 0 Å². The van der Waals surface area contributed by atoms with Crippen molar-refractivity contribution in [2.75, 3.05) is 13.1 Å². The van der Waals surface area contributed by atoms with Crippen molar-refractivity contribution in [1.29, 1.82) is 0 Å². The van der Waals surface area contributed by atoms with Gasteiger partial charge in [-0.15, -0.1) is 0 Å². The minimum atomic E-state index is -4.37. The third kappa shape index (κ3) is 2.05. The van der Waals surface area contributed by atoms with E-state index in [0.29, 0.717) is 0 Å². The van der Waals surface area contributed by atoms with E-state index in [1.54, 1.807) is 0 Å². The normalized spacial score (nSPS) is 33.8. The highest BCUT2D eigenvalue weighted by Crippen LogP contribution is 2.33. The van der Waals surface area contributed by atoms with Gasteiger partial charge in [-0.3, -0.25) is 0 Å². The van der Waals surface area contributed by atoms with Crippen molar-refractivity contribution in [2.24, 2.45) is 5.92 Å². The number of halogens is 4. The Bertz CT molecular complexity index is 133. The molecule has 0 aromatic carbocycles. The number of rotatable bonds is 0. The van der Waals surface area contributed by atoms with Crippen molar-refractivity contribution in [3.63, 3.8) is 0 Å². The molecule has 66 valence electrons. The lowest BCUT2D eigenvalue weighted by molar-refractivity contribution is -0.195. The van der Waals surface area contributed by atoms with Crippen LogP contribution in [0.3, 0.4) is 0 Å². The minimum absolute atomic E-state index is 0.148.